The second-order valence-corrected chi connectivity index (χ2v) is 4.27. The first-order valence-electron chi connectivity index (χ1n) is 5.44. The Morgan fingerprint density at radius 2 is 2.00 bits per heavy atom. The molecular formula is C13H17ClO. The fourth-order valence-corrected chi connectivity index (χ4v) is 1.68. The summed E-state index contributed by atoms with van der Waals surface area (Å²) in [6.45, 7) is 2.10. The number of rotatable bonds is 6. The summed E-state index contributed by atoms with van der Waals surface area (Å²) in [5.74, 6) is 0.135. The highest BCUT2D eigenvalue weighted by Gasteiger charge is 2.14. The second kappa shape index (κ2) is 6.62. The zero-order valence-electron chi connectivity index (χ0n) is 9.08. The van der Waals surface area contributed by atoms with E-state index in [2.05, 4.69) is 6.92 Å². The Labute approximate surface area is 96.5 Å². The largest absolute Gasteiger partial charge is 0.298 e. The number of carbonyl (C=O) groups is 1. The maximum absolute atomic E-state index is 11.7. The summed E-state index contributed by atoms with van der Waals surface area (Å²) in [4.78, 5) is 11.7. The fraction of sp³-hybridized carbons (Fsp3) is 0.462. The first-order valence-corrected chi connectivity index (χ1v) is 5.88. The van der Waals surface area contributed by atoms with Gasteiger partial charge in [0.2, 0.25) is 0 Å². The van der Waals surface area contributed by atoms with Crippen molar-refractivity contribution < 1.29 is 4.79 Å². The number of alkyl halides is 1. The van der Waals surface area contributed by atoms with Crippen LogP contribution in [0.4, 0.5) is 0 Å². The molecule has 0 heterocycles. The Balaban J connectivity index is 2.42. The Kier molecular flexibility index (Phi) is 5.41. The molecule has 0 saturated heterocycles. The molecule has 1 aromatic carbocycles. The summed E-state index contributed by atoms with van der Waals surface area (Å²) in [6, 6.07) is 9.75. The highest BCUT2D eigenvalue weighted by molar-refractivity contribution is 6.31. The maximum atomic E-state index is 11.7. The van der Waals surface area contributed by atoms with E-state index in [-0.39, 0.29) is 11.2 Å². The van der Waals surface area contributed by atoms with Gasteiger partial charge in [-0.2, -0.15) is 0 Å². The molecule has 0 aromatic heterocycles. The number of unbranched alkanes of at least 4 members (excludes halogenated alkanes) is 1. The summed E-state index contributed by atoms with van der Waals surface area (Å²) >= 11 is 6.01. The smallest absolute Gasteiger partial charge is 0.155 e. The van der Waals surface area contributed by atoms with Crippen LogP contribution in [-0.2, 0) is 11.2 Å². The SMILES string of the molecule is CCCCC(Cl)C(=O)Cc1ccccc1. The van der Waals surface area contributed by atoms with E-state index in [1.807, 2.05) is 30.3 Å². The number of hydrogen-bond acceptors (Lipinski definition) is 1. The summed E-state index contributed by atoms with van der Waals surface area (Å²) in [5.41, 5.74) is 1.05. The quantitative estimate of drug-likeness (QED) is 0.675. The fourth-order valence-electron chi connectivity index (χ4n) is 1.45. The minimum Gasteiger partial charge on any atom is -0.298 e. The first-order chi connectivity index (χ1) is 7.24. The van der Waals surface area contributed by atoms with Gasteiger partial charge in [-0.05, 0) is 12.0 Å². The molecule has 0 aliphatic carbocycles. The van der Waals surface area contributed by atoms with Gasteiger partial charge in [-0.25, -0.2) is 0 Å². The molecule has 0 spiro atoms. The van der Waals surface area contributed by atoms with Crippen LogP contribution >= 0.6 is 11.6 Å². The van der Waals surface area contributed by atoms with Crippen molar-refractivity contribution in [3.8, 4) is 0 Å². The molecule has 0 amide bonds. The number of hydrogen-bond donors (Lipinski definition) is 0. The van der Waals surface area contributed by atoms with Gasteiger partial charge in [0.25, 0.3) is 0 Å². The summed E-state index contributed by atoms with van der Waals surface area (Å²) in [6.07, 6.45) is 3.36. The molecule has 0 aliphatic heterocycles. The molecule has 15 heavy (non-hydrogen) atoms. The van der Waals surface area contributed by atoms with Crippen LogP contribution in [0.25, 0.3) is 0 Å². The molecule has 1 aromatic rings. The van der Waals surface area contributed by atoms with E-state index in [0.717, 1.165) is 24.8 Å². The lowest BCUT2D eigenvalue weighted by atomic mass is 10.0. The topological polar surface area (TPSA) is 17.1 Å². The standard InChI is InChI=1S/C13H17ClO/c1-2-3-9-12(14)13(15)10-11-7-5-4-6-8-11/h4-8,12H,2-3,9-10H2,1H3. The lowest BCUT2D eigenvalue weighted by Crippen LogP contribution is -2.16. The number of Topliss-reactive ketones (excluding diaryl/α,β-unsaturated/α-hetero) is 1. The van der Waals surface area contributed by atoms with Crippen molar-refractivity contribution in [2.45, 2.75) is 38.0 Å². The van der Waals surface area contributed by atoms with Crippen LogP contribution in [0.2, 0.25) is 0 Å². The molecule has 1 nitrogen and oxygen atoms in total. The van der Waals surface area contributed by atoms with Crippen molar-refractivity contribution >= 4 is 17.4 Å². The van der Waals surface area contributed by atoms with Gasteiger partial charge in [0.05, 0.1) is 5.38 Å². The summed E-state index contributed by atoms with van der Waals surface area (Å²) < 4.78 is 0. The molecule has 0 aliphatic rings. The van der Waals surface area contributed by atoms with Gasteiger partial charge in [0, 0.05) is 6.42 Å². The highest BCUT2D eigenvalue weighted by atomic mass is 35.5. The molecule has 82 valence electrons. The highest BCUT2D eigenvalue weighted by Crippen LogP contribution is 2.12. The van der Waals surface area contributed by atoms with Gasteiger partial charge in [-0.3, -0.25) is 4.79 Å². The van der Waals surface area contributed by atoms with Crippen molar-refractivity contribution in [2.75, 3.05) is 0 Å². The minimum absolute atomic E-state index is 0.135. The van der Waals surface area contributed by atoms with Crippen LogP contribution in [0.1, 0.15) is 31.7 Å². The second-order valence-electron chi connectivity index (χ2n) is 3.74. The number of ketones is 1. The molecule has 0 N–H and O–H groups in total. The molecule has 0 fully saturated rings. The normalized spacial score (nSPS) is 12.4. The van der Waals surface area contributed by atoms with E-state index in [0.29, 0.717) is 6.42 Å². The number of halogens is 1. The molecular weight excluding hydrogens is 208 g/mol. The summed E-state index contributed by atoms with van der Waals surface area (Å²) in [5, 5.41) is -0.315. The zero-order valence-corrected chi connectivity index (χ0v) is 9.83. The molecule has 2 heteroatoms. The summed E-state index contributed by atoms with van der Waals surface area (Å²) in [7, 11) is 0. The predicted molar refractivity (Wildman–Crippen MR) is 64.3 cm³/mol. The molecule has 1 atom stereocenters. The van der Waals surface area contributed by atoms with E-state index < -0.39 is 0 Å². The third-order valence-corrected chi connectivity index (χ3v) is 2.84. The van der Waals surface area contributed by atoms with Crippen molar-refractivity contribution in [2.24, 2.45) is 0 Å². The molecule has 0 bridgehead atoms. The predicted octanol–water partition coefficient (Wildman–Crippen LogP) is 3.60. The van der Waals surface area contributed by atoms with Gasteiger partial charge in [-0.15, -0.1) is 11.6 Å². The first kappa shape index (κ1) is 12.3. The van der Waals surface area contributed by atoms with Gasteiger partial charge >= 0.3 is 0 Å². The Bertz CT molecular complexity index is 295. The van der Waals surface area contributed by atoms with Gasteiger partial charge < -0.3 is 0 Å². The lowest BCUT2D eigenvalue weighted by molar-refractivity contribution is -0.118. The van der Waals surface area contributed by atoms with E-state index in [9.17, 15) is 4.79 Å². The van der Waals surface area contributed by atoms with Crippen molar-refractivity contribution in [1.82, 2.24) is 0 Å². The number of benzene rings is 1. The Morgan fingerprint density at radius 1 is 1.33 bits per heavy atom. The van der Waals surface area contributed by atoms with Crippen LogP contribution < -0.4 is 0 Å². The van der Waals surface area contributed by atoms with Crippen LogP contribution in [-0.4, -0.2) is 11.2 Å². The average Bonchev–Trinajstić information content (AvgIpc) is 2.27. The van der Waals surface area contributed by atoms with Crippen LogP contribution in [0.5, 0.6) is 0 Å². The third kappa shape index (κ3) is 4.48. The monoisotopic (exact) mass is 224 g/mol. The average molecular weight is 225 g/mol. The zero-order chi connectivity index (χ0) is 11.1. The molecule has 1 rings (SSSR count). The van der Waals surface area contributed by atoms with E-state index in [1.54, 1.807) is 0 Å². The van der Waals surface area contributed by atoms with Gasteiger partial charge in [0.1, 0.15) is 0 Å². The third-order valence-electron chi connectivity index (χ3n) is 2.38. The maximum Gasteiger partial charge on any atom is 0.155 e. The van der Waals surface area contributed by atoms with Gasteiger partial charge in [0.15, 0.2) is 5.78 Å². The van der Waals surface area contributed by atoms with Crippen LogP contribution in [0.15, 0.2) is 30.3 Å². The van der Waals surface area contributed by atoms with E-state index in [4.69, 9.17) is 11.6 Å². The number of carbonyl (C=O) groups excluding carboxylic acids is 1. The van der Waals surface area contributed by atoms with E-state index >= 15 is 0 Å². The Hall–Kier alpha value is -0.820. The molecule has 0 saturated carbocycles. The van der Waals surface area contributed by atoms with Crippen molar-refractivity contribution in [1.29, 1.82) is 0 Å². The molecule has 1 unspecified atom stereocenters. The van der Waals surface area contributed by atoms with E-state index in [1.165, 1.54) is 0 Å². The van der Waals surface area contributed by atoms with Crippen molar-refractivity contribution in [3.05, 3.63) is 35.9 Å². The van der Waals surface area contributed by atoms with Crippen molar-refractivity contribution in [3.63, 3.8) is 0 Å². The van der Waals surface area contributed by atoms with Crippen LogP contribution in [0.3, 0.4) is 0 Å². The lowest BCUT2D eigenvalue weighted by Gasteiger charge is -2.07. The Morgan fingerprint density at radius 3 is 2.60 bits per heavy atom. The molecule has 0 radical (unpaired) electrons. The minimum atomic E-state index is -0.315. The van der Waals surface area contributed by atoms with Crippen LogP contribution in [0, 0.1) is 0 Å². The van der Waals surface area contributed by atoms with Gasteiger partial charge in [-0.1, -0.05) is 50.1 Å².